The smallest absolute Gasteiger partial charge is 0.316 e. The molecule has 7 heteroatoms. The summed E-state index contributed by atoms with van der Waals surface area (Å²) in [5.74, 6) is -1.14. The molecule has 0 aliphatic carbocycles. The molecule has 1 amide bonds. The van der Waals surface area contributed by atoms with Crippen LogP contribution in [0.1, 0.15) is 0 Å². The van der Waals surface area contributed by atoms with Gasteiger partial charge in [-0.1, -0.05) is 0 Å². The van der Waals surface area contributed by atoms with Crippen molar-refractivity contribution in [1.82, 2.24) is 5.32 Å². The van der Waals surface area contributed by atoms with Crippen molar-refractivity contribution in [3.63, 3.8) is 0 Å². The van der Waals surface area contributed by atoms with Gasteiger partial charge in [-0.15, -0.1) is 0 Å². The van der Waals surface area contributed by atoms with E-state index in [4.69, 9.17) is 5.73 Å². The average molecular weight is 186 g/mol. The largest absolute Gasteiger partial charge is 0.358 e. The predicted molar refractivity (Wildman–Crippen MR) is 46.7 cm³/mol. The fourth-order valence-corrected chi connectivity index (χ4v) is 0.552. The first-order valence-corrected chi connectivity index (χ1v) is 3.33. The van der Waals surface area contributed by atoms with E-state index < -0.39 is 16.7 Å². The summed E-state index contributed by atoms with van der Waals surface area (Å²) in [5.41, 5.74) is 4.90. The first-order chi connectivity index (χ1) is 6.02. The summed E-state index contributed by atoms with van der Waals surface area (Å²) in [6.45, 7) is 0. The molecule has 0 saturated heterocycles. The van der Waals surface area contributed by atoms with E-state index in [0.29, 0.717) is 0 Å². The first-order valence-electron chi connectivity index (χ1n) is 3.33. The fourth-order valence-electron chi connectivity index (χ4n) is 0.552. The molecule has 0 rings (SSSR count). The number of aliphatic imine (C=N–C) groups is 1. The normalized spacial score (nSPS) is 12.5. The molecule has 0 bridgehead atoms. The van der Waals surface area contributed by atoms with E-state index in [-0.39, 0.29) is 5.71 Å². The minimum Gasteiger partial charge on any atom is -0.358 e. The van der Waals surface area contributed by atoms with Crippen molar-refractivity contribution >= 4 is 11.6 Å². The van der Waals surface area contributed by atoms with Gasteiger partial charge in [0.05, 0.1) is 6.08 Å². The van der Waals surface area contributed by atoms with Crippen LogP contribution in [0.2, 0.25) is 0 Å². The average Bonchev–Trinajstić information content (AvgIpc) is 2.12. The number of rotatable bonds is 3. The van der Waals surface area contributed by atoms with Crippen LogP contribution in [0.3, 0.4) is 0 Å². The Morgan fingerprint density at radius 3 is 2.54 bits per heavy atom. The van der Waals surface area contributed by atoms with Gasteiger partial charge in [0, 0.05) is 14.1 Å². The van der Waals surface area contributed by atoms with Crippen molar-refractivity contribution in [3.8, 4) is 0 Å². The molecule has 0 saturated carbocycles. The van der Waals surface area contributed by atoms with Gasteiger partial charge in [0.1, 0.15) is 5.71 Å². The summed E-state index contributed by atoms with van der Waals surface area (Å²) >= 11 is 0. The zero-order valence-electron chi connectivity index (χ0n) is 7.27. The lowest BCUT2D eigenvalue weighted by Gasteiger charge is -1.98. The van der Waals surface area contributed by atoms with Gasteiger partial charge in [-0.05, 0) is 4.92 Å². The summed E-state index contributed by atoms with van der Waals surface area (Å²) < 4.78 is 0. The molecule has 0 atom stereocenters. The maximum absolute atomic E-state index is 10.9. The number of carbonyl (C=O) groups excluding carboxylic acids is 1. The second-order valence-electron chi connectivity index (χ2n) is 2.01. The lowest BCUT2D eigenvalue weighted by atomic mass is 10.3. The molecule has 0 aromatic heterocycles. The molecule has 0 aliphatic rings. The number of hydrogen-bond acceptors (Lipinski definition) is 5. The standard InChI is InChI=1S/C6H10N4O3/c1-8-4(6(11)9-2)3-5(7)10(12)13/h3H,7H2,1-2H3,(H,9,11)/b5-3+,8-4?. The minimum absolute atomic E-state index is 0.0864. The van der Waals surface area contributed by atoms with Crippen molar-refractivity contribution in [2.24, 2.45) is 10.7 Å². The van der Waals surface area contributed by atoms with Gasteiger partial charge in [0.25, 0.3) is 5.91 Å². The van der Waals surface area contributed by atoms with Gasteiger partial charge in [0.15, 0.2) is 0 Å². The topological polar surface area (TPSA) is 111 Å². The van der Waals surface area contributed by atoms with Gasteiger partial charge in [-0.3, -0.25) is 15.5 Å². The zero-order chi connectivity index (χ0) is 10.4. The highest BCUT2D eigenvalue weighted by Crippen LogP contribution is 1.88. The Morgan fingerprint density at radius 1 is 1.69 bits per heavy atom. The van der Waals surface area contributed by atoms with E-state index in [2.05, 4.69) is 10.3 Å². The number of nitrogens with zero attached hydrogens (tertiary/aromatic N) is 2. The second-order valence-corrected chi connectivity index (χ2v) is 2.01. The van der Waals surface area contributed by atoms with Gasteiger partial charge >= 0.3 is 5.82 Å². The van der Waals surface area contributed by atoms with Gasteiger partial charge in [-0.2, -0.15) is 0 Å². The van der Waals surface area contributed by atoms with Crippen LogP contribution in [0, 0.1) is 10.1 Å². The van der Waals surface area contributed by atoms with Crippen molar-refractivity contribution in [3.05, 3.63) is 22.0 Å². The Bertz CT molecular complexity index is 282. The van der Waals surface area contributed by atoms with Crippen LogP contribution in [0.25, 0.3) is 0 Å². The summed E-state index contributed by atoms with van der Waals surface area (Å²) in [4.78, 5) is 23.8. The molecule has 0 aliphatic heterocycles. The molecule has 0 heterocycles. The maximum Gasteiger partial charge on any atom is 0.316 e. The van der Waals surface area contributed by atoms with E-state index in [1.807, 2.05) is 0 Å². The molecule has 0 fully saturated rings. The highest BCUT2D eigenvalue weighted by atomic mass is 16.6. The summed E-state index contributed by atoms with van der Waals surface area (Å²) in [6, 6.07) is 0. The molecular formula is C6H10N4O3. The highest BCUT2D eigenvalue weighted by molar-refractivity contribution is 6.43. The Kier molecular flexibility index (Phi) is 4.14. The van der Waals surface area contributed by atoms with E-state index in [1.54, 1.807) is 0 Å². The molecule has 7 nitrogen and oxygen atoms in total. The third-order valence-electron chi connectivity index (χ3n) is 1.20. The highest BCUT2D eigenvalue weighted by Gasteiger charge is 2.09. The molecule has 72 valence electrons. The Labute approximate surface area is 74.5 Å². The van der Waals surface area contributed by atoms with Crippen molar-refractivity contribution in [1.29, 1.82) is 0 Å². The van der Waals surface area contributed by atoms with Crippen LogP contribution in [0.5, 0.6) is 0 Å². The summed E-state index contributed by atoms with van der Waals surface area (Å²) in [5, 5.41) is 12.4. The number of nitro groups is 1. The lowest BCUT2D eigenvalue weighted by Crippen LogP contribution is -2.27. The second kappa shape index (κ2) is 4.86. The van der Waals surface area contributed by atoms with Gasteiger partial charge in [0.2, 0.25) is 0 Å². The van der Waals surface area contributed by atoms with Gasteiger partial charge in [-0.25, -0.2) is 0 Å². The quantitative estimate of drug-likeness (QED) is 0.330. The number of nitrogens with one attached hydrogen (secondary N) is 1. The van der Waals surface area contributed by atoms with Crippen LogP contribution in [-0.2, 0) is 4.79 Å². The molecule has 0 unspecified atom stereocenters. The fraction of sp³-hybridized carbons (Fsp3) is 0.333. The molecule has 3 N–H and O–H groups in total. The molecular weight excluding hydrogens is 176 g/mol. The SMILES string of the molecule is CN=C(/C=C(\N)[N+](=O)[O-])C(=O)NC. The van der Waals surface area contributed by atoms with E-state index in [0.717, 1.165) is 6.08 Å². The molecule has 0 spiro atoms. The van der Waals surface area contributed by atoms with E-state index >= 15 is 0 Å². The minimum atomic E-state index is -0.797. The van der Waals surface area contributed by atoms with Crippen molar-refractivity contribution in [2.75, 3.05) is 14.1 Å². The Morgan fingerprint density at radius 2 is 2.23 bits per heavy atom. The first kappa shape index (κ1) is 11.1. The number of amides is 1. The Hall–Kier alpha value is -1.92. The molecule has 13 heavy (non-hydrogen) atoms. The van der Waals surface area contributed by atoms with Gasteiger partial charge < -0.3 is 15.4 Å². The van der Waals surface area contributed by atoms with Crippen LogP contribution < -0.4 is 11.1 Å². The zero-order valence-corrected chi connectivity index (χ0v) is 7.27. The van der Waals surface area contributed by atoms with Crippen LogP contribution >= 0.6 is 0 Å². The third-order valence-corrected chi connectivity index (χ3v) is 1.20. The lowest BCUT2D eigenvalue weighted by molar-refractivity contribution is -0.426. The number of carbonyl (C=O) groups is 1. The third kappa shape index (κ3) is 3.32. The summed E-state index contributed by atoms with van der Waals surface area (Å²) in [6.07, 6.45) is 0.902. The van der Waals surface area contributed by atoms with E-state index in [1.165, 1.54) is 14.1 Å². The van der Waals surface area contributed by atoms with Crippen LogP contribution in [0.15, 0.2) is 16.9 Å². The summed E-state index contributed by atoms with van der Waals surface area (Å²) in [7, 11) is 2.73. The van der Waals surface area contributed by atoms with Crippen LogP contribution in [0.4, 0.5) is 0 Å². The molecule has 0 aromatic rings. The van der Waals surface area contributed by atoms with Crippen molar-refractivity contribution in [2.45, 2.75) is 0 Å². The maximum atomic E-state index is 10.9. The van der Waals surface area contributed by atoms with Crippen LogP contribution in [-0.4, -0.2) is 30.6 Å². The monoisotopic (exact) mass is 186 g/mol. The van der Waals surface area contributed by atoms with E-state index in [9.17, 15) is 14.9 Å². The number of nitrogens with two attached hydrogens (primary N) is 1. The van der Waals surface area contributed by atoms with Crippen molar-refractivity contribution < 1.29 is 9.72 Å². The molecule has 0 aromatic carbocycles. The predicted octanol–water partition coefficient (Wildman–Crippen LogP) is -1.12. The Balaban J connectivity index is 4.75. The molecule has 0 radical (unpaired) electrons. The number of hydrogen-bond donors (Lipinski definition) is 2.